The number of benzene rings is 2. The van der Waals surface area contributed by atoms with Crippen molar-refractivity contribution in [2.45, 2.75) is 69.2 Å². The molecule has 2 rings (SSSR count). The van der Waals surface area contributed by atoms with Gasteiger partial charge in [0.1, 0.15) is 0 Å². The van der Waals surface area contributed by atoms with Crippen LogP contribution < -0.4 is 5.41 Å². The Bertz CT molecular complexity index is 806. The molecule has 0 heterocycles. The van der Waals surface area contributed by atoms with Crippen LogP contribution in [-0.4, -0.2) is 5.87 Å². The van der Waals surface area contributed by atoms with Crippen molar-refractivity contribution in [3.8, 4) is 0 Å². The van der Waals surface area contributed by atoms with Gasteiger partial charge in [-0.15, -0.1) is 0 Å². The highest BCUT2D eigenvalue weighted by Crippen LogP contribution is 2.38. The molecule has 0 saturated carbocycles. The fourth-order valence-electron chi connectivity index (χ4n) is 3.99. The second kappa shape index (κ2) is 6.65. The molecular formula is C24H30N. The van der Waals surface area contributed by atoms with E-state index in [1.165, 1.54) is 55.6 Å². The minimum atomic E-state index is 0.822. The molecule has 2 aromatic rings. The Kier molecular flexibility index (Phi) is 5.11. The Labute approximate surface area is 153 Å². The summed E-state index contributed by atoms with van der Waals surface area (Å²) in [5, 5.41) is 10.1. The highest BCUT2D eigenvalue weighted by Gasteiger charge is 2.22. The van der Waals surface area contributed by atoms with E-state index in [1.54, 1.807) is 0 Å². The monoisotopic (exact) mass is 332 g/mol. The molecule has 0 saturated heterocycles. The molecule has 0 N–H and O–H groups in total. The molecule has 0 fully saturated rings. The van der Waals surface area contributed by atoms with Crippen LogP contribution in [0, 0.1) is 69.2 Å². The number of nitrogens with zero attached hydrogens (tertiary/aromatic N) is 1. The van der Waals surface area contributed by atoms with Gasteiger partial charge in [-0.2, -0.15) is 0 Å². The molecule has 0 atom stereocenters. The van der Waals surface area contributed by atoms with Crippen molar-refractivity contribution < 1.29 is 0 Å². The Morgan fingerprint density at radius 3 is 0.840 bits per heavy atom. The molecule has 0 aliphatic heterocycles. The smallest absolute Gasteiger partial charge is 0.0535 e. The minimum Gasteiger partial charge on any atom is -0.0962 e. The summed E-state index contributed by atoms with van der Waals surface area (Å²) in [5.41, 5.74) is 15.8. The van der Waals surface area contributed by atoms with Gasteiger partial charge in [-0.3, -0.25) is 0 Å². The van der Waals surface area contributed by atoms with E-state index < -0.39 is 0 Å². The highest BCUT2D eigenvalue weighted by atomic mass is 14.3. The molecule has 0 aromatic heterocycles. The minimum absolute atomic E-state index is 0.822. The van der Waals surface area contributed by atoms with Gasteiger partial charge in [0, 0.05) is 5.87 Å². The van der Waals surface area contributed by atoms with E-state index in [0.29, 0.717) is 0 Å². The second-order valence-corrected chi connectivity index (χ2v) is 7.49. The third-order valence-corrected chi connectivity index (χ3v) is 6.61. The van der Waals surface area contributed by atoms with E-state index in [4.69, 9.17) is 0 Å². The molecule has 0 amide bonds. The summed E-state index contributed by atoms with van der Waals surface area (Å²) in [6, 6.07) is 0. The first-order chi connectivity index (χ1) is 11.6. The topological polar surface area (TPSA) is 22.3 Å². The van der Waals surface area contributed by atoms with Crippen LogP contribution in [0.2, 0.25) is 0 Å². The van der Waals surface area contributed by atoms with Crippen molar-refractivity contribution in [1.29, 1.82) is 0 Å². The number of hydrogen-bond donors (Lipinski definition) is 0. The van der Waals surface area contributed by atoms with E-state index in [-0.39, 0.29) is 0 Å². The number of hydrogen-bond acceptors (Lipinski definition) is 0. The lowest BCUT2D eigenvalue weighted by molar-refractivity contribution is 1.14. The quantitative estimate of drug-likeness (QED) is 0.632. The van der Waals surface area contributed by atoms with E-state index >= 15 is 0 Å². The van der Waals surface area contributed by atoms with Gasteiger partial charge in [0.2, 0.25) is 0 Å². The van der Waals surface area contributed by atoms with Crippen molar-refractivity contribution in [2.75, 3.05) is 0 Å². The van der Waals surface area contributed by atoms with E-state index in [1.807, 2.05) is 0 Å². The fraction of sp³-hybridized carbons (Fsp3) is 0.417. The molecule has 131 valence electrons. The summed E-state index contributed by atoms with van der Waals surface area (Å²) in [6.45, 7) is 21.6. The van der Waals surface area contributed by atoms with Crippen LogP contribution >= 0.6 is 0 Å². The molecule has 0 aliphatic rings. The largest absolute Gasteiger partial charge is 0.0962 e. The van der Waals surface area contributed by atoms with Crippen LogP contribution in [0.15, 0.2) is 0 Å². The van der Waals surface area contributed by atoms with Gasteiger partial charge in [-0.1, -0.05) is 5.41 Å². The van der Waals surface area contributed by atoms with Gasteiger partial charge in [0.15, 0.2) is 0 Å². The number of rotatable bonds is 2. The molecule has 0 spiro atoms. The van der Waals surface area contributed by atoms with Crippen LogP contribution in [0.1, 0.15) is 66.8 Å². The Morgan fingerprint density at radius 1 is 0.440 bits per heavy atom. The SMILES string of the molecule is Cc1c(C)c(C)c(C(=C=[N])c2c(C)c(C)c(C)c(C)c2C)c(C)c1C. The zero-order chi connectivity index (χ0) is 19.2. The molecule has 1 radical (unpaired) electrons. The van der Waals surface area contributed by atoms with Crippen molar-refractivity contribution in [3.63, 3.8) is 0 Å². The Morgan fingerprint density at radius 2 is 0.640 bits per heavy atom. The molecule has 0 aliphatic carbocycles. The van der Waals surface area contributed by atoms with Crippen LogP contribution in [0.4, 0.5) is 0 Å². The van der Waals surface area contributed by atoms with Crippen molar-refractivity contribution in [3.05, 3.63) is 66.8 Å². The fourth-order valence-corrected chi connectivity index (χ4v) is 3.99. The van der Waals surface area contributed by atoms with Gasteiger partial charge >= 0.3 is 0 Å². The molecule has 1 nitrogen and oxygen atoms in total. The summed E-state index contributed by atoms with van der Waals surface area (Å²) in [6.07, 6.45) is 0. The predicted octanol–water partition coefficient (Wildman–Crippen LogP) is 5.67. The predicted molar refractivity (Wildman–Crippen MR) is 110 cm³/mol. The van der Waals surface area contributed by atoms with Crippen molar-refractivity contribution in [1.82, 2.24) is 5.41 Å². The first-order valence-electron chi connectivity index (χ1n) is 8.97. The third kappa shape index (κ3) is 2.77. The van der Waals surface area contributed by atoms with Gasteiger partial charge in [0.05, 0.1) is 5.57 Å². The first kappa shape index (κ1) is 19.2. The zero-order valence-corrected chi connectivity index (χ0v) is 17.4. The second-order valence-electron chi connectivity index (χ2n) is 7.49. The maximum absolute atomic E-state index is 10.1. The molecule has 0 unspecified atom stereocenters. The van der Waals surface area contributed by atoms with Crippen LogP contribution in [0.5, 0.6) is 0 Å². The van der Waals surface area contributed by atoms with Gasteiger partial charge in [-0.25, -0.2) is 0 Å². The molecule has 1 heteroatoms. The normalized spacial score (nSPS) is 10.8. The van der Waals surface area contributed by atoms with Gasteiger partial charge < -0.3 is 0 Å². The average Bonchev–Trinajstić information content (AvgIpc) is 2.60. The summed E-state index contributed by atoms with van der Waals surface area (Å²) < 4.78 is 0. The molecule has 0 bridgehead atoms. The Hall–Kier alpha value is -2.11. The molecule has 2 aromatic carbocycles. The molecular weight excluding hydrogens is 302 g/mol. The summed E-state index contributed by atoms with van der Waals surface area (Å²) in [7, 11) is 0. The summed E-state index contributed by atoms with van der Waals surface area (Å²) >= 11 is 0. The lowest BCUT2D eigenvalue weighted by atomic mass is 9.80. The third-order valence-electron chi connectivity index (χ3n) is 6.61. The van der Waals surface area contributed by atoms with E-state index in [9.17, 15) is 5.41 Å². The lowest BCUT2D eigenvalue weighted by Gasteiger charge is -2.24. The molecule has 25 heavy (non-hydrogen) atoms. The Balaban J connectivity index is 2.98. The van der Waals surface area contributed by atoms with Crippen LogP contribution in [0.3, 0.4) is 0 Å². The lowest BCUT2D eigenvalue weighted by Crippen LogP contribution is -2.08. The first-order valence-corrected chi connectivity index (χ1v) is 8.97. The maximum Gasteiger partial charge on any atom is 0.0535 e. The standard InChI is InChI=1S/C24H30N/c1-12-14(3)18(7)23(19(8)15(12)4)22(11-25)24-20(9)16(5)13(2)17(6)21(24)10/h1-10H3. The highest BCUT2D eigenvalue weighted by molar-refractivity contribution is 6.02. The van der Waals surface area contributed by atoms with Crippen LogP contribution in [0.25, 0.3) is 5.57 Å². The summed E-state index contributed by atoms with van der Waals surface area (Å²) in [5.74, 6) is 2.56. The van der Waals surface area contributed by atoms with Gasteiger partial charge in [0.25, 0.3) is 0 Å². The van der Waals surface area contributed by atoms with Crippen molar-refractivity contribution in [2.24, 2.45) is 0 Å². The van der Waals surface area contributed by atoms with Gasteiger partial charge in [-0.05, 0) is 136 Å². The summed E-state index contributed by atoms with van der Waals surface area (Å²) in [4.78, 5) is 0. The maximum atomic E-state index is 10.1. The average molecular weight is 333 g/mol. The van der Waals surface area contributed by atoms with Crippen molar-refractivity contribution >= 4 is 11.4 Å². The van der Waals surface area contributed by atoms with E-state index in [0.717, 1.165) is 16.7 Å². The zero-order valence-electron chi connectivity index (χ0n) is 17.4. The van der Waals surface area contributed by atoms with Crippen LogP contribution in [-0.2, 0) is 0 Å². The van der Waals surface area contributed by atoms with E-state index in [2.05, 4.69) is 75.1 Å².